The molecule has 2 aromatic rings. The number of hydrogen-bond acceptors (Lipinski definition) is 3. The van der Waals surface area contributed by atoms with Gasteiger partial charge in [0, 0.05) is 34.4 Å². The molecular weight excluding hydrogens is 407 g/mol. The number of nitrogens with zero attached hydrogens (tertiary/aromatic N) is 1. The van der Waals surface area contributed by atoms with Crippen molar-refractivity contribution in [1.29, 1.82) is 0 Å². The number of carbonyl (C=O) groups is 1. The summed E-state index contributed by atoms with van der Waals surface area (Å²) in [6.07, 6.45) is 5.38. The third-order valence-electron chi connectivity index (χ3n) is 6.37. The summed E-state index contributed by atoms with van der Waals surface area (Å²) in [5, 5.41) is 2.97. The summed E-state index contributed by atoms with van der Waals surface area (Å²) in [6, 6.07) is 13.6. The molecule has 4 nitrogen and oxygen atoms in total. The maximum atomic E-state index is 13.3. The normalized spacial score (nSPS) is 21.4. The molecule has 2 aliphatic rings. The number of fused-ring (bicyclic) bond motifs is 3. The van der Waals surface area contributed by atoms with Gasteiger partial charge < -0.3 is 15.0 Å². The van der Waals surface area contributed by atoms with Crippen LogP contribution in [-0.2, 0) is 21.4 Å². The van der Waals surface area contributed by atoms with Crippen LogP contribution in [0.25, 0.3) is 6.08 Å². The summed E-state index contributed by atoms with van der Waals surface area (Å²) in [6.45, 7) is 6.50. The summed E-state index contributed by atoms with van der Waals surface area (Å²) in [7, 11) is 3.43. The maximum absolute atomic E-state index is 13.3. The first-order valence-corrected chi connectivity index (χ1v) is 11.5. The molecule has 1 atom stereocenters. The van der Waals surface area contributed by atoms with Crippen LogP contribution in [-0.4, -0.2) is 41.6 Å². The predicted molar refractivity (Wildman–Crippen MR) is 123 cm³/mol. The van der Waals surface area contributed by atoms with E-state index >= 15 is 0 Å². The van der Waals surface area contributed by atoms with Crippen LogP contribution in [0.15, 0.2) is 48.5 Å². The molecule has 31 heavy (non-hydrogen) atoms. The van der Waals surface area contributed by atoms with Gasteiger partial charge in [0.1, 0.15) is 5.82 Å². The van der Waals surface area contributed by atoms with Gasteiger partial charge in [0.15, 0.2) is 5.72 Å². The van der Waals surface area contributed by atoms with Crippen molar-refractivity contribution < 1.29 is 13.9 Å². The van der Waals surface area contributed by atoms with Crippen LogP contribution in [0.4, 0.5) is 10.1 Å². The third-order valence-corrected chi connectivity index (χ3v) is 6.72. The monoisotopic (exact) mass is 435 g/mol. The Balaban J connectivity index is 1.61. The maximum Gasteiger partial charge on any atom is 0.224 e. The Morgan fingerprint density at radius 1 is 1.26 bits per heavy atom. The number of halogens is 1. The molecule has 3 radical (unpaired) electrons. The number of nitrogens with one attached hydrogen (secondary N) is 1. The average Bonchev–Trinajstić information content (AvgIpc) is 3.25. The number of carbonyl (C=O) groups excluding carboxylic acids is 1. The quantitative estimate of drug-likeness (QED) is 0.528. The standard InChI is InChI=1S/C25H28FN2O2Si/c1-24(2)21-16-19(17-23(29)27-12-3-15-31)6-9-22(21)28-13-14-30-25(24,28)11-10-18-4-7-20(26)8-5-18/h4-11,16H,3,12-15,17H2,1-2H3,(H,27,29)/b11-10+. The SMILES string of the molecule is CC1(C)c2cc(CC(=O)NCCC[Si])ccc2N2CCOC21/C=C/c1ccc(F)cc1. The van der Waals surface area contributed by atoms with E-state index in [0.29, 0.717) is 19.6 Å². The lowest BCUT2D eigenvalue weighted by Crippen LogP contribution is -2.51. The topological polar surface area (TPSA) is 41.6 Å². The van der Waals surface area contributed by atoms with Gasteiger partial charge in [-0.15, -0.1) is 0 Å². The van der Waals surface area contributed by atoms with E-state index in [1.54, 1.807) is 12.1 Å². The van der Waals surface area contributed by atoms with Crippen molar-refractivity contribution in [3.05, 3.63) is 71.0 Å². The van der Waals surface area contributed by atoms with Gasteiger partial charge in [-0.1, -0.05) is 50.2 Å². The molecule has 2 heterocycles. The summed E-state index contributed by atoms with van der Waals surface area (Å²) in [5.74, 6) is -0.204. The van der Waals surface area contributed by atoms with Crippen molar-refractivity contribution in [2.24, 2.45) is 0 Å². The van der Waals surface area contributed by atoms with Gasteiger partial charge in [-0.25, -0.2) is 4.39 Å². The summed E-state index contributed by atoms with van der Waals surface area (Å²) < 4.78 is 19.6. The predicted octanol–water partition coefficient (Wildman–Crippen LogP) is 4.00. The Morgan fingerprint density at radius 3 is 2.77 bits per heavy atom. The van der Waals surface area contributed by atoms with Crippen molar-refractivity contribution in [1.82, 2.24) is 5.32 Å². The lowest BCUT2D eigenvalue weighted by Gasteiger charge is -2.39. The highest BCUT2D eigenvalue weighted by molar-refractivity contribution is 6.08. The van der Waals surface area contributed by atoms with Crippen LogP contribution < -0.4 is 10.2 Å². The molecule has 1 saturated heterocycles. The highest BCUT2D eigenvalue weighted by atomic mass is 28.1. The minimum atomic E-state index is -0.611. The van der Waals surface area contributed by atoms with Crippen molar-refractivity contribution in [2.75, 3.05) is 24.6 Å². The Labute approximate surface area is 186 Å². The number of hydrogen-bond donors (Lipinski definition) is 1. The van der Waals surface area contributed by atoms with Gasteiger partial charge in [-0.05, 0) is 47.4 Å². The second kappa shape index (κ2) is 8.59. The van der Waals surface area contributed by atoms with Gasteiger partial charge in [0.2, 0.25) is 5.91 Å². The molecule has 0 saturated carbocycles. The van der Waals surface area contributed by atoms with Gasteiger partial charge in [-0.3, -0.25) is 4.79 Å². The summed E-state index contributed by atoms with van der Waals surface area (Å²) >= 11 is 0. The lowest BCUT2D eigenvalue weighted by molar-refractivity contribution is -0.120. The molecule has 0 aliphatic carbocycles. The van der Waals surface area contributed by atoms with Gasteiger partial charge in [0.05, 0.1) is 13.0 Å². The molecule has 4 rings (SSSR count). The number of benzene rings is 2. The zero-order valence-corrected chi connectivity index (χ0v) is 19.1. The van der Waals surface area contributed by atoms with Crippen LogP contribution in [0.1, 0.15) is 37.0 Å². The number of ether oxygens (including phenoxy) is 1. The summed E-state index contributed by atoms with van der Waals surface area (Å²) in [5.41, 5.74) is 3.33. The smallest absolute Gasteiger partial charge is 0.224 e. The van der Waals surface area contributed by atoms with Crippen LogP contribution in [0.2, 0.25) is 6.04 Å². The van der Waals surface area contributed by atoms with Crippen LogP contribution >= 0.6 is 0 Å². The first-order valence-electron chi connectivity index (χ1n) is 10.8. The number of rotatable bonds is 7. The van der Waals surface area contributed by atoms with E-state index in [1.807, 2.05) is 12.1 Å². The fourth-order valence-electron chi connectivity index (χ4n) is 4.67. The molecule has 0 spiro atoms. The minimum absolute atomic E-state index is 0.0403. The highest BCUT2D eigenvalue weighted by Gasteiger charge is 2.59. The molecule has 1 amide bonds. The third kappa shape index (κ3) is 3.94. The van der Waals surface area contributed by atoms with Gasteiger partial charge in [-0.2, -0.15) is 0 Å². The lowest BCUT2D eigenvalue weighted by atomic mass is 9.76. The molecule has 0 bridgehead atoms. The van der Waals surface area contributed by atoms with Crippen molar-refractivity contribution in [2.45, 2.75) is 43.9 Å². The van der Waals surface area contributed by atoms with Crippen molar-refractivity contribution in [3.8, 4) is 0 Å². The van der Waals surface area contributed by atoms with E-state index in [2.05, 4.69) is 52.5 Å². The Hall–Kier alpha value is -2.44. The second-order valence-electron chi connectivity index (χ2n) is 8.69. The van der Waals surface area contributed by atoms with E-state index in [1.165, 1.54) is 17.7 Å². The molecule has 2 aliphatic heterocycles. The van der Waals surface area contributed by atoms with Crippen LogP contribution in [0.5, 0.6) is 0 Å². The highest BCUT2D eigenvalue weighted by Crippen LogP contribution is 2.55. The first kappa shape index (κ1) is 21.8. The zero-order valence-electron chi connectivity index (χ0n) is 18.1. The van der Waals surface area contributed by atoms with Gasteiger partial charge >= 0.3 is 0 Å². The Morgan fingerprint density at radius 2 is 2.03 bits per heavy atom. The number of anilines is 1. The molecule has 2 aromatic carbocycles. The van der Waals surface area contributed by atoms with E-state index < -0.39 is 5.72 Å². The zero-order chi connectivity index (χ0) is 22.1. The van der Waals surface area contributed by atoms with Crippen LogP contribution in [0, 0.1) is 5.82 Å². The largest absolute Gasteiger partial charge is 0.356 e. The fraction of sp³-hybridized carbons (Fsp3) is 0.400. The van der Waals surface area contributed by atoms with Crippen molar-refractivity contribution in [3.63, 3.8) is 0 Å². The van der Waals surface area contributed by atoms with E-state index in [-0.39, 0.29) is 17.1 Å². The molecular formula is C25H28FN2O2Si. The van der Waals surface area contributed by atoms with E-state index in [4.69, 9.17) is 4.74 Å². The van der Waals surface area contributed by atoms with E-state index in [9.17, 15) is 9.18 Å². The van der Waals surface area contributed by atoms with Gasteiger partial charge in [0.25, 0.3) is 0 Å². The Bertz CT molecular complexity index is 990. The van der Waals surface area contributed by atoms with E-state index in [0.717, 1.165) is 35.8 Å². The fourth-order valence-corrected chi connectivity index (χ4v) is 4.85. The van der Waals surface area contributed by atoms with Crippen molar-refractivity contribution >= 4 is 27.9 Å². The molecule has 6 heteroatoms. The average molecular weight is 436 g/mol. The Kier molecular flexibility index (Phi) is 6.04. The molecule has 1 unspecified atom stereocenters. The summed E-state index contributed by atoms with van der Waals surface area (Å²) in [4.78, 5) is 14.6. The molecule has 0 aromatic heterocycles. The minimum Gasteiger partial charge on any atom is -0.356 e. The first-order chi connectivity index (χ1) is 14.9. The molecule has 161 valence electrons. The number of amides is 1. The second-order valence-corrected chi connectivity index (χ2v) is 9.19. The molecule has 1 fully saturated rings. The molecule has 1 N–H and O–H groups in total. The van der Waals surface area contributed by atoms with Crippen LogP contribution in [0.3, 0.4) is 0 Å².